The lowest BCUT2D eigenvalue weighted by atomic mass is 10.1. The van der Waals surface area contributed by atoms with Gasteiger partial charge < -0.3 is 11.5 Å². The van der Waals surface area contributed by atoms with Crippen LogP contribution in [0.4, 0.5) is 5.82 Å². The third-order valence-electron chi connectivity index (χ3n) is 4.10. The first-order chi connectivity index (χ1) is 13.3. The smallest absolute Gasteiger partial charge is 0.243 e. The monoisotopic (exact) mass is 418 g/mol. The topological polar surface area (TPSA) is 128 Å². The van der Waals surface area contributed by atoms with Gasteiger partial charge in [0.25, 0.3) is 0 Å². The molecule has 0 aliphatic heterocycles. The second kappa shape index (κ2) is 8.09. The SMILES string of the molecule is CCN(Cc1cccnc1)S(=O)(=O)c1ccc2c(Cl)cnc(N=C(N)N)c2c1. The molecular formula is C18H19ClN6O2S. The predicted molar refractivity (Wildman–Crippen MR) is 110 cm³/mol. The van der Waals surface area contributed by atoms with Crippen LogP contribution < -0.4 is 11.5 Å². The van der Waals surface area contributed by atoms with Crippen molar-refractivity contribution in [1.29, 1.82) is 0 Å². The van der Waals surface area contributed by atoms with Gasteiger partial charge in [-0.3, -0.25) is 4.98 Å². The maximum Gasteiger partial charge on any atom is 0.243 e. The fraction of sp³-hybridized carbons (Fsp3) is 0.167. The average Bonchev–Trinajstić information content (AvgIpc) is 2.68. The van der Waals surface area contributed by atoms with Gasteiger partial charge in [0, 0.05) is 42.5 Å². The van der Waals surface area contributed by atoms with Crippen molar-refractivity contribution in [2.24, 2.45) is 16.5 Å². The Labute approximate surface area is 167 Å². The number of nitrogens with zero attached hydrogens (tertiary/aromatic N) is 4. The van der Waals surface area contributed by atoms with Crippen molar-refractivity contribution in [3.63, 3.8) is 0 Å². The van der Waals surface area contributed by atoms with Crippen LogP contribution in [0.1, 0.15) is 12.5 Å². The summed E-state index contributed by atoms with van der Waals surface area (Å²) < 4.78 is 27.8. The Hall–Kier alpha value is -2.75. The zero-order valence-electron chi connectivity index (χ0n) is 15.1. The van der Waals surface area contributed by atoms with Gasteiger partial charge in [0.1, 0.15) is 0 Å². The van der Waals surface area contributed by atoms with Gasteiger partial charge in [-0.15, -0.1) is 0 Å². The second-order valence-corrected chi connectivity index (χ2v) is 8.31. The summed E-state index contributed by atoms with van der Waals surface area (Å²) in [6.07, 6.45) is 4.69. The first-order valence-corrected chi connectivity index (χ1v) is 10.2. The molecule has 0 bridgehead atoms. The number of benzene rings is 1. The van der Waals surface area contributed by atoms with Gasteiger partial charge in [-0.1, -0.05) is 30.7 Å². The summed E-state index contributed by atoms with van der Waals surface area (Å²) in [5, 5.41) is 1.42. The molecule has 0 saturated heterocycles. The van der Waals surface area contributed by atoms with Gasteiger partial charge >= 0.3 is 0 Å². The van der Waals surface area contributed by atoms with Crippen molar-refractivity contribution >= 4 is 44.2 Å². The van der Waals surface area contributed by atoms with Crippen molar-refractivity contribution in [2.45, 2.75) is 18.4 Å². The Balaban J connectivity index is 2.09. The average molecular weight is 419 g/mol. The maximum atomic E-state index is 13.2. The highest BCUT2D eigenvalue weighted by molar-refractivity contribution is 7.89. The molecule has 28 heavy (non-hydrogen) atoms. The summed E-state index contributed by atoms with van der Waals surface area (Å²) in [6, 6.07) is 8.20. The van der Waals surface area contributed by atoms with Crippen molar-refractivity contribution in [3.05, 3.63) is 59.5 Å². The van der Waals surface area contributed by atoms with Crippen LogP contribution in [0.25, 0.3) is 10.8 Å². The van der Waals surface area contributed by atoms with E-state index in [9.17, 15) is 8.42 Å². The molecule has 3 rings (SSSR count). The molecule has 2 aromatic heterocycles. The molecule has 0 fully saturated rings. The highest BCUT2D eigenvalue weighted by Crippen LogP contribution is 2.32. The highest BCUT2D eigenvalue weighted by Gasteiger charge is 2.24. The molecule has 0 aliphatic carbocycles. The van der Waals surface area contributed by atoms with E-state index in [1.54, 1.807) is 31.5 Å². The molecule has 1 aromatic carbocycles. The minimum Gasteiger partial charge on any atom is -0.370 e. The summed E-state index contributed by atoms with van der Waals surface area (Å²) >= 11 is 6.19. The van der Waals surface area contributed by atoms with Crippen LogP contribution in [0, 0.1) is 0 Å². The van der Waals surface area contributed by atoms with Crippen LogP contribution in [0.15, 0.2) is 58.8 Å². The number of hydrogen-bond donors (Lipinski definition) is 2. The lowest BCUT2D eigenvalue weighted by molar-refractivity contribution is 0.423. The van der Waals surface area contributed by atoms with Gasteiger partial charge in [0.2, 0.25) is 10.0 Å². The van der Waals surface area contributed by atoms with Gasteiger partial charge in [0.15, 0.2) is 11.8 Å². The lowest BCUT2D eigenvalue weighted by Gasteiger charge is -2.21. The number of rotatable bonds is 6. The summed E-state index contributed by atoms with van der Waals surface area (Å²) in [7, 11) is -3.78. The van der Waals surface area contributed by atoms with E-state index >= 15 is 0 Å². The molecule has 4 N–H and O–H groups in total. The quantitative estimate of drug-likeness (QED) is 0.467. The number of pyridine rings is 2. The molecule has 0 saturated carbocycles. The van der Waals surface area contributed by atoms with Gasteiger partial charge in [-0.05, 0) is 23.8 Å². The zero-order valence-corrected chi connectivity index (χ0v) is 16.7. The molecule has 3 aromatic rings. The molecule has 146 valence electrons. The first-order valence-electron chi connectivity index (χ1n) is 8.40. The second-order valence-electron chi connectivity index (χ2n) is 5.97. The number of fused-ring (bicyclic) bond motifs is 1. The van der Waals surface area contributed by atoms with E-state index in [1.807, 2.05) is 6.07 Å². The Morgan fingerprint density at radius 1 is 1.21 bits per heavy atom. The molecule has 0 amide bonds. The third kappa shape index (κ3) is 4.06. The Morgan fingerprint density at radius 2 is 2.00 bits per heavy atom. The van der Waals surface area contributed by atoms with Crippen LogP contribution in [0.2, 0.25) is 5.02 Å². The Morgan fingerprint density at radius 3 is 2.64 bits per heavy atom. The number of aliphatic imine (C=N–C) groups is 1. The van der Waals surface area contributed by atoms with E-state index in [-0.39, 0.29) is 23.2 Å². The van der Waals surface area contributed by atoms with Crippen molar-refractivity contribution in [1.82, 2.24) is 14.3 Å². The molecule has 0 radical (unpaired) electrons. The number of hydrogen-bond acceptors (Lipinski definition) is 5. The summed E-state index contributed by atoms with van der Waals surface area (Å²) in [4.78, 5) is 12.2. The molecular weight excluding hydrogens is 400 g/mol. The molecule has 2 heterocycles. The van der Waals surface area contributed by atoms with E-state index in [0.29, 0.717) is 22.3 Å². The number of halogens is 1. The van der Waals surface area contributed by atoms with Gasteiger partial charge in [-0.2, -0.15) is 9.30 Å². The highest BCUT2D eigenvalue weighted by atomic mass is 35.5. The molecule has 8 nitrogen and oxygen atoms in total. The van der Waals surface area contributed by atoms with E-state index in [4.69, 9.17) is 23.1 Å². The van der Waals surface area contributed by atoms with Crippen LogP contribution in [0.3, 0.4) is 0 Å². The standard InChI is InChI=1S/C18H19ClN6O2S/c1-2-25(11-12-4-3-7-22-9-12)28(26,27)13-5-6-14-15(8-13)17(24-18(20)21)23-10-16(14)19/h3-10H,2,11H2,1H3,(H4,20,21,23,24). The van der Waals surface area contributed by atoms with Gasteiger partial charge in [0.05, 0.1) is 9.92 Å². The third-order valence-corrected chi connectivity index (χ3v) is 6.31. The molecule has 0 spiro atoms. The normalized spacial score (nSPS) is 11.7. The zero-order chi connectivity index (χ0) is 20.3. The van der Waals surface area contributed by atoms with Crippen LogP contribution >= 0.6 is 11.6 Å². The predicted octanol–water partition coefficient (Wildman–Crippen LogP) is 2.40. The van der Waals surface area contributed by atoms with E-state index in [0.717, 1.165) is 5.56 Å². The summed E-state index contributed by atoms with van der Waals surface area (Å²) in [6.45, 7) is 2.28. The van der Waals surface area contributed by atoms with Crippen molar-refractivity contribution in [2.75, 3.05) is 6.54 Å². The summed E-state index contributed by atoms with van der Waals surface area (Å²) in [5.41, 5.74) is 11.7. The molecule has 0 atom stereocenters. The minimum atomic E-state index is -3.78. The van der Waals surface area contributed by atoms with Gasteiger partial charge in [-0.25, -0.2) is 13.4 Å². The largest absolute Gasteiger partial charge is 0.370 e. The van der Waals surface area contributed by atoms with Crippen LogP contribution in [-0.4, -0.2) is 35.2 Å². The molecule has 0 unspecified atom stereocenters. The van der Waals surface area contributed by atoms with Crippen molar-refractivity contribution in [3.8, 4) is 0 Å². The number of sulfonamides is 1. The van der Waals surface area contributed by atoms with E-state index < -0.39 is 10.0 Å². The number of nitrogens with two attached hydrogens (primary N) is 2. The maximum absolute atomic E-state index is 13.2. The van der Waals surface area contributed by atoms with Crippen molar-refractivity contribution < 1.29 is 8.42 Å². The Kier molecular flexibility index (Phi) is 5.78. The fourth-order valence-electron chi connectivity index (χ4n) is 2.76. The van der Waals surface area contributed by atoms with Crippen LogP contribution in [0.5, 0.6) is 0 Å². The fourth-order valence-corrected chi connectivity index (χ4v) is 4.43. The number of aromatic nitrogens is 2. The van der Waals surface area contributed by atoms with Crippen LogP contribution in [-0.2, 0) is 16.6 Å². The Bertz CT molecular complexity index is 1130. The minimum absolute atomic E-state index is 0.0989. The lowest BCUT2D eigenvalue weighted by Crippen LogP contribution is -2.30. The molecule has 10 heteroatoms. The number of guanidine groups is 1. The van der Waals surface area contributed by atoms with E-state index in [2.05, 4.69) is 15.0 Å². The molecule has 0 aliphatic rings. The first kappa shape index (κ1) is 20.0. The van der Waals surface area contributed by atoms with E-state index in [1.165, 1.54) is 22.6 Å². The summed E-state index contributed by atoms with van der Waals surface area (Å²) in [5.74, 6) is 0.0166.